The molecule has 106 valence electrons. The van der Waals surface area contributed by atoms with E-state index < -0.39 is 10.0 Å². The first-order valence-electron chi connectivity index (χ1n) is 6.68. The zero-order valence-corrected chi connectivity index (χ0v) is 13.0. The summed E-state index contributed by atoms with van der Waals surface area (Å²) in [6, 6.07) is 5.62. The van der Waals surface area contributed by atoms with E-state index in [1.807, 2.05) is 26.0 Å². The van der Waals surface area contributed by atoms with Crippen LogP contribution >= 0.6 is 11.6 Å². The van der Waals surface area contributed by atoms with Gasteiger partial charge in [-0.2, -0.15) is 4.31 Å². The molecule has 0 unspecified atom stereocenters. The Morgan fingerprint density at radius 1 is 1.37 bits per heavy atom. The molecule has 0 radical (unpaired) electrons. The Bertz CT molecular complexity index is 553. The highest BCUT2D eigenvalue weighted by Crippen LogP contribution is 2.33. The molecule has 0 atom stereocenters. The molecule has 0 N–H and O–H groups in total. The summed E-state index contributed by atoms with van der Waals surface area (Å²) in [4.78, 5) is 0.408. The fourth-order valence-corrected chi connectivity index (χ4v) is 4.43. The van der Waals surface area contributed by atoms with Crippen molar-refractivity contribution in [2.75, 3.05) is 6.54 Å². The summed E-state index contributed by atoms with van der Waals surface area (Å²) >= 11 is 5.81. The first-order chi connectivity index (χ1) is 9.00. The van der Waals surface area contributed by atoms with E-state index in [9.17, 15) is 8.42 Å². The third-order valence-electron chi connectivity index (χ3n) is 3.39. The molecule has 2 rings (SSSR count). The maximum atomic E-state index is 12.8. The lowest BCUT2D eigenvalue weighted by atomic mass is 10.2. The minimum absolute atomic E-state index is 0.198. The first-order valence-corrected chi connectivity index (χ1v) is 8.65. The minimum Gasteiger partial charge on any atom is -0.207 e. The van der Waals surface area contributed by atoms with E-state index in [0.717, 1.165) is 30.4 Å². The molecule has 0 saturated heterocycles. The molecule has 19 heavy (non-hydrogen) atoms. The zero-order valence-electron chi connectivity index (χ0n) is 11.4. The van der Waals surface area contributed by atoms with E-state index >= 15 is 0 Å². The number of hydrogen-bond donors (Lipinski definition) is 0. The average molecular weight is 302 g/mol. The number of alkyl halides is 1. The third kappa shape index (κ3) is 3.12. The molecule has 1 fully saturated rings. The molecule has 1 aliphatic rings. The summed E-state index contributed by atoms with van der Waals surface area (Å²) in [6.45, 7) is 4.44. The van der Waals surface area contributed by atoms with Crippen LogP contribution in [0.2, 0.25) is 0 Å². The van der Waals surface area contributed by atoms with Crippen molar-refractivity contribution in [2.24, 2.45) is 0 Å². The van der Waals surface area contributed by atoms with E-state index in [2.05, 4.69) is 0 Å². The second-order valence-corrected chi connectivity index (χ2v) is 7.21. The van der Waals surface area contributed by atoms with E-state index in [4.69, 9.17) is 11.6 Å². The number of benzene rings is 1. The fourth-order valence-electron chi connectivity index (χ4n) is 2.21. The molecule has 1 saturated carbocycles. The Hall–Kier alpha value is -0.580. The Kier molecular flexibility index (Phi) is 4.54. The lowest BCUT2D eigenvalue weighted by Gasteiger charge is -2.22. The number of nitrogens with zero attached hydrogens (tertiary/aromatic N) is 1. The molecule has 5 heteroatoms. The lowest BCUT2D eigenvalue weighted by Crippen LogP contribution is -2.34. The van der Waals surface area contributed by atoms with Crippen LogP contribution in [0.3, 0.4) is 0 Å². The monoisotopic (exact) mass is 301 g/mol. The molecule has 0 aliphatic heterocycles. The quantitative estimate of drug-likeness (QED) is 0.756. The molecule has 0 aromatic heterocycles. The van der Waals surface area contributed by atoms with Gasteiger partial charge in [-0.15, -0.1) is 11.6 Å². The van der Waals surface area contributed by atoms with Gasteiger partial charge in [-0.25, -0.2) is 8.42 Å². The van der Waals surface area contributed by atoms with Crippen LogP contribution < -0.4 is 0 Å². The van der Waals surface area contributed by atoms with Crippen molar-refractivity contribution in [3.63, 3.8) is 0 Å². The van der Waals surface area contributed by atoms with Crippen molar-refractivity contribution < 1.29 is 8.42 Å². The van der Waals surface area contributed by atoms with Crippen molar-refractivity contribution in [1.82, 2.24) is 4.31 Å². The van der Waals surface area contributed by atoms with Gasteiger partial charge in [0.25, 0.3) is 0 Å². The lowest BCUT2D eigenvalue weighted by molar-refractivity contribution is 0.403. The molecule has 0 bridgehead atoms. The maximum absolute atomic E-state index is 12.8. The van der Waals surface area contributed by atoms with Gasteiger partial charge in [-0.3, -0.25) is 0 Å². The maximum Gasteiger partial charge on any atom is 0.243 e. The largest absolute Gasteiger partial charge is 0.243 e. The number of halogens is 1. The van der Waals surface area contributed by atoms with E-state index in [1.54, 1.807) is 10.4 Å². The van der Waals surface area contributed by atoms with Crippen molar-refractivity contribution in [3.05, 3.63) is 29.3 Å². The van der Waals surface area contributed by atoms with Crippen molar-refractivity contribution in [2.45, 2.75) is 49.9 Å². The Morgan fingerprint density at radius 2 is 2.05 bits per heavy atom. The first kappa shape index (κ1) is 14.8. The highest BCUT2D eigenvalue weighted by atomic mass is 35.5. The van der Waals surface area contributed by atoms with Gasteiger partial charge in [0.1, 0.15) is 0 Å². The number of sulfonamides is 1. The average Bonchev–Trinajstić information content (AvgIpc) is 3.20. The van der Waals surface area contributed by atoms with Crippen LogP contribution in [0, 0.1) is 6.92 Å². The summed E-state index contributed by atoms with van der Waals surface area (Å²) < 4.78 is 27.2. The predicted octanol–water partition coefficient (Wildman–Crippen LogP) is 3.30. The molecule has 3 nitrogen and oxygen atoms in total. The summed E-state index contributed by atoms with van der Waals surface area (Å²) in [6.07, 6.45) is 2.80. The summed E-state index contributed by atoms with van der Waals surface area (Å²) in [7, 11) is -3.39. The van der Waals surface area contributed by atoms with Crippen LogP contribution in [0.25, 0.3) is 0 Å². The molecule has 0 amide bonds. The van der Waals surface area contributed by atoms with Crippen LogP contribution in [0.5, 0.6) is 0 Å². The van der Waals surface area contributed by atoms with E-state index in [0.29, 0.717) is 17.3 Å². The molecule has 1 aliphatic carbocycles. The second kappa shape index (κ2) is 5.81. The fraction of sp³-hybridized carbons (Fsp3) is 0.571. The smallest absolute Gasteiger partial charge is 0.207 e. The summed E-state index contributed by atoms with van der Waals surface area (Å²) in [5.74, 6) is 0.333. The van der Waals surface area contributed by atoms with Crippen molar-refractivity contribution in [1.29, 1.82) is 0 Å². The molecule has 0 heterocycles. The molecule has 1 aromatic rings. The van der Waals surface area contributed by atoms with Gasteiger partial charge in [-0.1, -0.05) is 19.1 Å². The van der Waals surface area contributed by atoms with Gasteiger partial charge < -0.3 is 0 Å². The number of aryl methyl sites for hydroxylation is 1. The summed E-state index contributed by atoms with van der Waals surface area (Å²) in [5.41, 5.74) is 1.63. The van der Waals surface area contributed by atoms with E-state index in [-0.39, 0.29) is 6.04 Å². The number of hydrogen-bond acceptors (Lipinski definition) is 2. The zero-order chi connectivity index (χ0) is 14.0. The standard InChI is InChI=1S/C14H20ClNO2S/c1-3-8-16(13-6-7-13)19(17,18)14-9-12(10-15)5-4-11(14)2/h4-5,9,13H,3,6-8,10H2,1-2H3. The Morgan fingerprint density at radius 3 is 2.58 bits per heavy atom. The van der Waals surface area contributed by atoms with Crippen LogP contribution in [0.4, 0.5) is 0 Å². The normalized spacial score (nSPS) is 16.0. The summed E-state index contributed by atoms with van der Waals surface area (Å²) in [5, 5.41) is 0. The van der Waals surface area contributed by atoms with Gasteiger partial charge in [0.05, 0.1) is 4.90 Å². The SMILES string of the molecule is CCCN(C1CC1)S(=O)(=O)c1cc(CCl)ccc1C. The predicted molar refractivity (Wildman–Crippen MR) is 77.9 cm³/mol. The second-order valence-electron chi connectivity index (χ2n) is 5.08. The highest BCUT2D eigenvalue weighted by Gasteiger charge is 2.37. The Labute approximate surface area is 120 Å². The van der Waals surface area contributed by atoms with Crippen molar-refractivity contribution >= 4 is 21.6 Å². The van der Waals surface area contributed by atoms with Crippen LogP contribution in [0.15, 0.2) is 23.1 Å². The van der Waals surface area contributed by atoms with Crippen molar-refractivity contribution in [3.8, 4) is 0 Å². The molecule has 0 spiro atoms. The molecule has 1 aromatic carbocycles. The van der Waals surface area contributed by atoms with Gasteiger partial charge in [0.2, 0.25) is 10.0 Å². The van der Waals surface area contributed by atoms with Gasteiger partial charge in [-0.05, 0) is 43.4 Å². The highest BCUT2D eigenvalue weighted by molar-refractivity contribution is 7.89. The van der Waals surface area contributed by atoms with Gasteiger partial charge in [0.15, 0.2) is 0 Å². The molecular formula is C14H20ClNO2S. The minimum atomic E-state index is -3.39. The van der Waals surface area contributed by atoms with E-state index in [1.165, 1.54) is 0 Å². The van der Waals surface area contributed by atoms with Crippen LogP contribution in [0.1, 0.15) is 37.3 Å². The van der Waals surface area contributed by atoms with Crippen LogP contribution in [-0.2, 0) is 15.9 Å². The topological polar surface area (TPSA) is 37.4 Å². The Balaban J connectivity index is 2.42. The number of rotatable bonds is 6. The van der Waals surface area contributed by atoms with Crippen LogP contribution in [-0.4, -0.2) is 25.3 Å². The molecular weight excluding hydrogens is 282 g/mol. The third-order valence-corrected chi connectivity index (χ3v) is 5.79. The van der Waals surface area contributed by atoms with Gasteiger partial charge >= 0.3 is 0 Å². The van der Waals surface area contributed by atoms with Gasteiger partial charge in [0, 0.05) is 18.5 Å².